The van der Waals surface area contributed by atoms with E-state index in [0.717, 1.165) is 38.8 Å². The Labute approximate surface area is 151 Å². The quantitative estimate of drug-likeness (QED) is 0.374. The zero-order valence-corrected chi connectivity index (χ0v) is 14.1. The zero-order valence-electron chi connectivity index (χ0n) is 14.1. The molecule has 5 aromatic rings. The Morgan fingerprint density at radius 1 is 0.577 bits per heavy atom. The maximum absolute atomic E-state index is 6.26. The van der Waals surface area contributed by atoms with Crippen LogP contribution in [-0.2, 0) is 0 Å². The first kappa shape index (κ1) is 14.8. The summed E-state index contributed by atoms with van der Waals surface area (Å²) in [5.41, 5.74) is 13.2. The Hall–Kier alpha value is -3.52. The van der Waals surface area contributed by atoms with Crippen molar-refractivity contribution in [2.45, 2.75) is 0 Å². The van der Waals surface area contributed by atoms with Gasteiger partial charge in [0.15, 0.2) is 0 Å². The first-order chi connectivity index (χ1) is 12.8. The molecule has 2 heteroatoms. The summed E-state index contributed by atoms with van der Waals surface area (Å²) >= 11 is 0. The molecular formula is C24H17NO. The Morgan fingerprint density at radius 2 is 1.27 bits per heavy atom. The van der Waals surface area contributed by atoms with Crippen LogP contribution < -0.4 is 5.73 Å². The average molecular weight is 335 g/mol. The van der Waals surface area contributed by atoms with Crippen LogP contribution in [0, 0.1) is 0 Å². The van der Waals surface area contributed by atoms with E-state index in [1.54, 1.807) is 0 Å². The highest BCUT2D eigenvalue weighted by atomic mass is 16.3. The summed E-state index contributed by atoms with van der Waals surface area (Å²) in [6, 6.07) is 30.9. The number of nitrogens with two attached hydrogens (primary N) is 1. The number of rotatable bonds is 2. The molecule has 0 aliphatic carbocycles. The predicted octanol–water partition coefficient (Wildman–Crippen LogP) is 6.50. The van der Waals surface area contributed by atoms with Gasteiger partial charge in [0.1, 0.15) is 11.2 Å². The number of benzene rings is 4. The molecule has 0 amide bonds. The van der Waals surface area contributed by atoms with Gasteiger partial charge in [-0.2, -0.15) is 0 Å². The molecule has 0 aliphatic rings. The molecule has 1 aromatic heterocycles. The van der Waals surface area contributed by atoms with Gasteiger partial charge in [-0.05, 0) is 34.9 Å². The van der Waals surface area contributed by atoms with E-state index in [1.807, 2.05) is 36.4 Å². The van der Waals surface area contributed by atoms with Crippen molar-refractivity contribution < 1.29 is 4.42 Å². The average Bonchev–Trinajstić information content (AvgIpc) is 3.07. The number of anilines is 1. The first-order valence-corrected chi connectivity index (χ1v) is 8.67. The second kappa shape index (κ2) is 5.78. The molecule has 0 saturated carbocycles. The fraction of sp³-hybridized carbons (Fsp3) is 0. The van der Waals surface area contributed by atoms with Crippen LogP contribution in [-0.4, -0.2) is 0 Å². The molecule has 5 rings (SSSR count). The highest BCUT2D eigenvalue weighted by Crippen LogP contribution is 2.40. The van der Waals surface area contributed by atoms with E-state index in [1.165, 1.54) is 11.1 Å². The number of hydrogen-bond acceptors (Lipinski definition) is 2. The minimum Gasteiger partial charge on any atom is -0.455 e. The van der Waals surface area contributed by atoms with Crippen molar-refractivity contribution in [3.05, 3.63) is 91.0 Å². The summed E-state index contributed by atoms with van der Waals surface area (Å²) in [7, 11) is 0. The normalized spacial score (nSPS) is 11.2. The SMILES string of the molecule is Nc1cc(-c2ccccc2-c2ccccc2)c2oc3ccccc3c2c1. The van der Waals surface area contributed by atoms with Crippen LogP contribution in [0.15, 0.2) is 95.4 Å². The monoisotopic (exact) mass is 335 g/mol. The van der Waals surface area contributed by atoms with Crippen molar-refractivity contribution in [2.24, 2.45) is 0 Å². The lowest BCUT2D eigenvalue weighted by molar-refractivity contribution is 0.670. The van der Waals surface area contributed by atoms with Crippen LogP contribution >= 0.6 is 0 Å². The molecule has 0 bridgehead atoms. The van der Waals surface area contributed by atoms with Crippen molar-refractivity contribution in [2.75, 3.05) is 5.73 Å². The predicted molar refractivity (Wildman–Crippen MR) is 109 cm³/mol. The van der Waals surface area contributed by atoms with Gasteiger partial charge in [-0.3, -0.25) is 0 Å². The second-order valence-electron chi connectivity index (χ2n) is 6.45. The zero-order chi connectivity index (χ0) is 17.5. The topological polar surface area (TPSA) is 39.2 Å². The summed E-state index contributed by atoms with van der Waals surface area (Å²) in [6.07, 6.45) is 0. The van der Waals surface area contributed by atoms with E-state index in [-0.39, 0.29) is 0 Å². The van der Waals surface area contributed by atoms with Crippen LogP contribution in [0.3, 0.4) is 0 Å². The number of hydrogen-bond donors (Lipinski definition) is 1. The van der Waals surface area contributed by atoms with Crippen molar-refractivity contribution in [3.63, 3.8) is 0 Å². The van der Waals surface area contributed by atoms with Crippen LogP contribution in [0.25, 0.3) is 44.2 Å². The number of furan rings is 1. The maximum atomic E-state index is 6.26. The van der Waals surface area contributed by atoms with E-state index in [9.17, 15) is 0 Å². The highest BCUT2D eigenvalue weighted by Gasteiger charge is 2.16. The third kappa shape index (κ3) is 2.27. The molecule has 0 fully saturated rings. The lowest BCUT2D eigenvalue weighted by Crippen LogP contribution is -1.89. The summed E-state index contributed by atoms with van der Waals surface area (Å²) < 4.78 is 6.23. The molecule has 1 heterocycles. The fourth-order valence-electron chi connectivity index (χ4n) is 3.64. The highest BCUT2D eigenvalue weighted by molar-refractivity contribution is 6.11. The Balaban J connectivity index is 1.86. The third-order valence-electron chi connectivity index (χ3n) is 4.80. The van der Waals surface area contributed by atoms with E-state index in [2.05, 4.69) is 54.6 Å². The largest absolute Gasteiger partial charge is 0.455 e. The van der Waals surface area contributed by atoms with Gasteiger partial charge in [0.25, 0.3) is 0 Å². The molecule has 0 spiro atoms. The summed E-state index contributed by atoms with van der Waals surface area (Å²) in [5.74, 6) is 0. The summed E-state index contributed by atoms with van der Waals surface area (Å²) in [4.78, 5) is 0. The van der Waals surface area contributed by atoms with Gasteiger partial charge in [0, 0.05) is 22.0 Å². The standard InChI is InChI=1S/C24H17NO/c25-17-14-21(24-22(15-17)20-12-6-7-13-23(20)26-24)19-11-5-4-10-18(19)16-8-2-1-3-9-16/h1-15H,25H2. The second-order valence-corrected chi connectivity index (χ2v) is 6.45. The molecule has 4 aromatic carbocycles. The smallest absolute Gasteiger partial charge is 0.143 e. The molecule has 2 nitrogen and oxygen atoms in total. The Bertz CT molecular complexity index is 1240. The van der Waals surface area contributed by atoms with Gasteiger partial charge < -0.3 is 10.2 Å². The number of para-hydroxylation sites is 1. The molecule has 0 unspecified atom stereocenters. The van der Waals surface area contributed by atoms with E-state index in [0.29, 0.717) is 0 Å². The molecule has 0 atom stereocenters. The minimum atomic E-state index is 0.738. The van der Waals surface area contributed by atoms with Gasteiger partial charge in [-0.15, -0.1) is 0 Å². The Morgan fingerprint density at radius 3 is 2.12 bits per heavy atom. The molecule has 0 radical (unpaired) electrons. The number of nitrogen functional groups attached to an aromatic ring is 1. The van der Waals surface area contributed by atoms with Crippen molar-refractivity contribution in [3.8, 4) is 22.3 Å². The van der Waals surface area contributed by atoms with Gasteiger partial charge in [0.2, 0.25) is 0 Å². The lowest BCUT2D eigenvalue weighted by Gasteiger charge is -2.11. The lowest BCUT2D eigenvalue weighted by atomic mass is 9.93. The maximum Gasteiger partial charge on any atom is 0.143 e. The summed E-state index contributed by atoms with van der Waals surface area (Å²) in [5, 5.41) is 2.15. The van der Waals surface area contributed by atoms with E-state index >= 15 is 0 Å². The molecule has 2 N–H and O–H groups in total. The molecule has 0 aliphatic heterocycles. The van der Waals surface area contributed by atoms with Gasteiger partial charge in [0.05, 0.1) is 0 Å². The van der Waals surface area contributed by atoms with E-state index in [4.69, 9.17) is 10.2 Å². The summed E-state index contributed by atoms with van der Waals surface area (Å²) in [6.45, 7) is 0. The van der Waals surface area contributed by atoms with E-state index < -0.39 is 0 Å². The van der Waals surface area contributed by atoms with Gasteiger partial charge in [-0.25, -0.2) is 0 Å². The Kier molecular flexibility index (Phi) is 3.29. The molecule has 124 valence electrons. The number of fused-ring (bicyclic) bond motifs is 3. The van der Waals surface area contributed by atoms with Crippen LogP contribution in [0.1, 0.15) is 0 Å². The fourth-order valence-corrected chi connectivity index (χ4v) is 3.64. The van der Waals surface area contributed by atoms with Crippen LogP contribution in [0.5, 0.6) is 0 Å². The molecule has 0 saturated heterocycles. The van der Waals surface area contributed by atoms with Crippen molar-refractivity contribution >= 4 is 27.6 Å². The molecule has 26 heavy (non-hydrogen) atoms. The van der Waals surface area contributed by atoms with Crippen molar-refractivity contribution in [1.29, 1.82) is 0 Å². The van der Waals surface area contributed by atoms with Crippen LogP contribution in [0.4, 0.5) is 5.69 Å². The first-order valence-electron chi connectivity index (χ1n) is 8.67. The van der Waals surface area contributed by atoms with Gasteiger partial charge in [-0.1, -0.05) is 72.8 Å². The third-order valence-corrected chi connectivity index (χ3v) is 4.80. The van der Waals surface area contributed by atoms with Crippen LogP contribution in [0.2, 0.25) is 0 Å². The van der Waals surface area contributed by atoms with Crippen molar-refractivity contribution in [1.82, 2.24) is 0 Å². The minimum absolute atomic E-state index is 0.738. The van der Waals surface area contributed by atoms with Gasteiger partial charge >= 0.3 is 0 Å². The molecular weight excluding hydrogens is 318 g/mol.